The van der Waals surface area contributed by atoms with E-state index < -0.39 is 0 Å². The number of aryl methyl sites for hydroxylation is 1. The lowest BCUT2D eigenvalue weighted by Crippen LogP contribution is -2.26. The van der Waals surface area contributed by atoms with Crippen LogP contribution in [0.25, 0.3) is 0 Å². The monoisotopic (exact) mass is 300 g/mol. The zero-order valence-corrected chi connectivity index (χ0v) is 13.1. The molecular formula is C17H20N2OS. The lowest BCUT2D eigenvalue weighted by Gasteiger charge is -2.27. The van der Waals surface area contributed by atoms with Gasteiger partial charge < -0.3 is 10.2 Å². The van der Waals surface area contributed by atoms with Crippen LogP contribution in [0.15, 0.2) is 35.7 Å². The van der Waals surface area contributed by atoms with E-state index in [1.165, 1.54) is 34.6 Å². The van der Waals surface area contributed by atoms with E-state index in [9.17, 15) is 4.79 Å². The zero-order chi connectivity index (χ0) is 14.7. The fourth-order valence-electron chi connectivity index (χ4n) is 2.81. The van der Waals surface area contributed by atoms with Gasteiger partial charge in [0.05, 0.1) is 4.88 Å². The van der Waals surface area contributed by atoms with E-state index in [4.69, 9.17) is 0 Å². The molecule has 3 nitrogen and oxygen atoms in total. The van der Waals surface area contributed by atoms with Gasteiger partial charge in [0.2, 0.25) is 0 Å². The molecule has 110 valence electrons. The van der Waals surface area contributed by atoms with Gasteiger partial charge in [0.1, 0.15) is 0 Å². The van der Waals surface area contributed by atoms with Crippen LogP contribution in [0.3, 0.4) is 0 Å². The number of nitrogens with zero attached hydrogens (tertiary/aromatic N) is 1. The maximum Gasteiger partial charge on any atom is 0.261 e. The summed E-state index contributed by atoms with van der Waals surface area (Å²) in [4.78, 5) is 15.0. The second-order valence-electron chi connectivity index (χ2n) is 5.47. The van der Waals surface area contributed by atoms with Gasteiger partial charge in [-0.1, -0.05) is 18.2 Å². The number of carbonyl (C=O) groups is 1. The number of anilines is 1. The van der Waals surface area contributed by atoms with E-state index in [1.807, 2.05) is 17.5 Å². The minimum atomic E-state index is 0.0303. The van der Waals surface area contributed by atoms with Crippen molar-refractivity contribution in [2.75, 3.05) is 25.0 Å². The maximum absolute atomic E-state index is 11.9. The van der Waals surface area contributed by atoms with E-state index in [1.54, 1.807) is 0 Å². The summed E-state index contributed by atoms with van der Waals surface area (Å²) in [6.07, 6.45) is 3.27. The topological polar surface area (TPSA) is 32.3 Å². The molecule has 1 N–H and O–H groups in total. The molecule has 0 bridgehead atoms. The highest BCUT2D eigenvalue weighted by atomic mass is 32.1. The summed E-state index contributed by atoms with van der Waals surface area (Å²) in [6, 6.07) is 10.4. The van der Waals surface area contributed by atoms with Crippen molar-refractivity contribution in [1.29, 1.82) is 0 Å². The second-order valence-corrected chi connectivity index (χ2v) is 6.42. The molecule has 0 radical (unpaired) electrons. The smallest absolute Gasteiger partial charge is 0.261 e. The molecule has 21 heavy (non-hydrogen) atoms. The molecule has 0 saturated carbocycles. The Morgan fingerprint density at radius 1 is 1.38 bits per heavy atom. The lowest BCUT2D eigenvalue weighted by molar-refractivity contribution is 0.0958. The molecule has 0 atom stereocenters. The van der Waals surface area contributed by atoms with Gasteiger partial charge in [-0.2, -0.15) is 0 Å². The molecule has 0 saturated heterocycles. The van der Waals surface area contributed by atoms with Crippen LogP contribution in [0.1, 0.15) is 27.2 Å². The predicted octanol–water partition coefficient (Wildman–Crippen LogP) is 3.10. The summed E-state index contributed by atoms with van der Waals surface area (Å²) in [7, 11) is 2.15. The molecule has 2 heterocycles. The summed E-state index contributed by atoms with van der Waals surface area (Å²) in [5.41, 5.74) is 4.09. The van der Waals surface area contributed by atoms with Gasteiger partial charge in [-0.25, -0.2) is 0 Å². The Bertz CT molecular complexity index is 622. The van der Waals surface area contributed by atoms with Crippen molar-refractivity contribution in [3.05, 3.63) is 51.7 Å². The van der Waals surface area contributed by atoms with E-state index in [0.717, 1.165) is 24.3 Å². The quantitative estimate of drug-likeness (QED) is 0.941. The number of carbonyl (C=O) groups excluding carboxylic acids is 1. The first-order valence-electron chi connectivity index (χ1n) is 7.39. The van der Waals surface area contributed by atoms with E-state index in [-0.39, 0.29) is 5.91 Å². The molecule has 1 aliphatic heterocycles. The lowest BCUT2D eigenvalue weighted by atomic mass is 9.98. The number of rotatable bonds is 4. The predicted molar refractivity (Wildman–Crippen MR) is 88.4 cm³/mol. The van der Waals surface area contributed by atoms with E-state index >= 15 is 0 Å². The Kier molecular flexibility index (Phi) is 4.25. The molecule has 0 spiro atoms. The van der Waals surface area contributed by atoms with Gasteiger partial charge in [-0.15, -0.1) is 11.3 Å². The van der Waals surface area contributed by atoms with Gasteiger partial charge >= 0.3 is 0 Å². The SMILES string of the molecule is CN1CCCc2cc(CCNC(=O)c3cccs3)ccc21. The number of benzene rings is 1. The van der Waals surface area contributed by atoms with Crippen LogP contribution in [-0.4, -0.2) is 26.0 Å². The van der Waals surface area contributed by atoms with Crippen LogP contribution < -0.4 is 10.2 Å². The van der Waals surface area contributed by atoms with Gasteiger partial charge in [0, 0.05) is 25.8 Å². The third-order valence-electron chi connectivity index (χ3n) is 3.94. The van der Waals surface area contributed by atoms with Gasteiger partial charge in [-0.3, -0.25) is 4.79 Å². The molecule has 0 fully saturated rings. The summed E-state index contributed by atoms with van der Waals surface area (Å²) >= 11 is 1.48. The first-order chi connectivity index (χ1) is 10.2. The van der Waals surface area contributed by atoms with Gasteiger partial charge in [0.15, 0.2) is 0 Å². The third-order valence-corrected chi connectivity index (χ3v) is 4.81. The van der Waals surface area contributed by atoms with Crippen LogP contribution in [0.5, 0.6) is 0 Å². The van der Waals surface area contributed by atoms with E-state index in [0.29, 0.717) is 6.54 Å². The van der Waals surface area contributed by atoms with Crippen molar-refractivity contribution in [2.24, 2.45) is 0 Å². The molecule has 1 aliphatic rings. The van der Waals surface area contributed by atoms with Crippen LogP contribution in [0, 0.1) is 0 Å². The summed E-state index contributed by atoms with van der Waals surface area (Å²) in [6.45, 7) is 1.83. The average molecular weight is 300 g/mol. The number of amides is 1. The molecule has 4 heteroatoms. The molecule has 1 aromatic carbocycles. The molecule has 1 aromatic heterocycles. The highest BCUT2D eigenvalue weighted by molar-refractivity contribution is 7.12. The van der Waals surface area contributed by atoms with Crippen molar-refractivity contribution in [1.82, 2.24) is 5.32 Å². The van der Waals surface area contributed by atoms with Gasteiger partial charge in [0.25, 0.3) is 5.91 Å². The number of thiophene rings is 1. The number of hydrogen-bond donors (Lipinski definition) is 1. The minimum Gasteiger partial charge on any atom is -0.374 e. The van der Waals surface area contributed by atoms with Gasteiger partial charge in [-0.05, 0) is 47.9 Å². The summed E-state index contributed by atoms with van der Waals surface area (Å²) in [5, 5.41) is 4.91. The normalized spacial score (nSPS) is 13.9. The van der Waals surface area contributed by atoms with E-state index in [2.05, 4.69) is 35.5 Å². The Hall–Kier alpha value is -1.81. The van der Waals surface area contributed by atoms with Crippen molar-refractivity contribution < 1.29 is 4.79 Å². The number of hydrogen-bond acceptors (Lipinski definition) is 3. The van der Waals surface area contributed by atoms with Crippen LogP contribution in [0.4, 0.5) is 5.69 Å². The van der Waals surface area contributed by atoms with Crippen molar-refractivity contribution in [3.8, 4) is 0 Å². The molecule has 0 unspecified atom stereocenters. The molecular weight excluding hydrogens is 280 g/mol. The highest BCUT2D eigenvalue weighted by Crippen LogP contribution is 2.26. The van der Waals surface area contributed by atoms with Crippen molar-refractivity contribution in [2.45, 2.75) is 19.3 Å². The molecule has 0 aliphatic carbocycles. The number of nitrogens with one attached hydrogen (secondary N) is 1. The van der Waals surface area contributed by atoms with Crippen molar-refractivity contribution >= 4 is 22.9 Å². The number of fused-ring (bicyclic) bond motifs is 1. The first kappa shape index (κ1) is 14.1. The van der Waals surface area contributed by atoms with Crippen molar-refractivity contribution in [3.63, 3.8) is 0 Å². The minimum absolute atomic E-state index is 0.0303. The zero-order valence-electron chi connectivity index (χ0n) is 12.3. The standard InChI is InChI=1S/C17H20N2OS/c1-19-10-2-4-14-12-13(6-7-15(14)19)8-9-18-17(20)16-5-3-11-21-16/h3,5-7,11-12H,2,4,8-10H2,1H3,(H,18,20). The largest absolute Gasteiger partial charge is 0.374 e. The van der Waals surface area contributed by atoms with Crippen LogP contribution in [-0.2, 0) is 12.8 Å². The first-order valence-corrected chi connectivity index (χ1v) is 8.26. The summed E-state index contributed by atoms with van der Waals surface area (Å²) in [5.74, 6) is 0.0303. The summed E-state index contributed by atoms with van der Waals surface area (Å²) < 4.78 is 0. The highest BCUT2D eigenvalue weighted by Gasteiger charge is 2.13. The fraction of sp³-hybridized carbons (Fsp3) is 0.353. The molecule has 1 amide bonds. The Morgan fingerprint density at radius 2 is 2.29 bits per heavy atom. The third kappa shape index (κ3) is 3.27. The second kappa shape index (κ2) is 6.31. The maximum atomic E-state index is 11.9. The Labute approximate surface area is 129 Å². The Balaban J connectivity index is 1.57. The van der Waals surface area contributed by atoms with Crippen LogP contribution >= 0.6 is 11.3 Å². The average Bonchev–Trinajstić information content (AvgIpc) is 3.01. The molecule has 2 aromatic rings. The molecule has 3 rings (SSSR count). The Morgan fingerprint density at radius 3 is 3.10 bits per heavy atom. The fourth-order valence-corrected chi connectivity index (χ4v) is 3.45. The van der Waals surface area contributed by atoms with Crippen LogP contribution in [0.2, 0.25) is 0 Å².